The number of aromatic amines is 1. The molecule has 0 saturated carbocycles. The average molecular weight is 450 g/mol. The van der Waals surface area contributed by atoms with Gasteiger partial charge in [-0.15, -0.1) is 0 Å². The number of nitrogens with zero attached hydrogens (tertiary/aromatic N) is 5. The Labute approximate surface area is 188 Å². The van der Waals surface area contributed by atoms with Crippen LogP contribution in [-0.4, -0.2) is 61.7 Å². The van der Waals surface area contributed by atoms with Crippen molar-refractivity contribution in [3.8, 4) is 0 Å². The summed E-state index contributed by atoms with van der Waals surface area (Å²) in [6.45, 7) is 5.03. The number of anilines is 3. The number of amides is 2. The molecule has 1 aliphatic heterocycles. The van der Waals surface area contributed by atoms with Gasteiger partial charge < -0.3 is 20.9 Å². The number of carbonyl (C=O) groups excluding carboxylic acids is 1. The zero-order valence-electron chi connectivity index (χ0n) is 17.5. The van der Waals surface area contributed by atoms with Crippen molar-refractivity contribution in [3.63, 3.8) is 0 Å². The number of rotatable bonds is 5. The standard InChI is InChI=1S/C21H23N9OS/c1-14-12-17(28-27-14)25-20-26-19(13-18-23-8-11-30(18)20)32-16-4-2-15(3-5-16)24-21(31)29-9-6-22-7-10-29/h2-5,8,11-13,22H,6-7,9-10H2,1H3,(H,24,31)(H2,25,26,27,28). The third-order valence-corrected chi connectivity index (χ3v) is 5.97. The minimum Gasteiger partial charge on any atom is -0.322 e. The number of nitrogens with one attached hydrogen (secondary N) is 4. The Morgan fingerprint density at radius 2 is 1.97 bits per heavy atom. The van der Waals surface area contributed by atoms with Gasteiger partial charge in [-0.25, -0.2) is 14.8 Å². The zero-order valence-corrected chi connectivity index (χ0v) is 18.3. The van der Waals surface area contributed by atoms with E-state index in [1.807, 2.05) is 58.8 Å². The number of urea groups is 1. The summed E-state index contributed by atoms with van der Waals surface area (Å²) in [6, 6.07) is 11.5. The van der Waals surface area contributed by atoms with Gasteiger partial charge >= 0.3 is 6.03 Å². The number of fused-ring (bicyclic) bond motifs is 1. The molecule has 0 aliphatic carbocycles. The van der Waals surface area contributed by atoms with E-state index in [-0.39, 0.29) is 6.03 Å². The molecule has 3 aromatic heterocycles. The fourth-order valence-electron chi connectivity index (χ4n) is 3.44. The monoisotopic (exact) mass is 449 g/mol. The molecule has 4 aromatic rings. The van der Waals surface area contributed by atoms with Gasteiger partial charge in [-0.1, -0.05) is 11.8 Å². The molecule has 0 spiro atoms. The van der Waals surface area contributed by atoms with E-state index in [0.29, 0.717) is 11.8 Å². The van der Waals surface area contributed by atoms with E-state index in [4.69, 9.17) is 4.98 Å². The first-order valence-corrected chi connectivity index (χ1v) is 11.1. The molecule has 164 valence electrons. The first kappa shape index (κ1) is 20.3. The molecule has 1 fully saturated rings. The summed E-state index contributed by atoms with van der Waals surface area (Å²) in [6.07, 6.45) is 3.59. The van der Waals surface area contributed by atoms with E-state index in [9.17, 15) is 4.79 Å². The minimum atomic E-state index is -0.0670. The minimum absolute atomic E-state index is 0.0670. The second-order valence-electron chi connectivity index (χ2n) is 7.43. The first-order chi connectivity index (χ1) is 15.6. The lowest BCUT2D eigenvalue weighted by atomic mass is 10.3. The van der Waals surface area contributed by atoms with Gasteiger partial charge in [0, 0.05) is 67.0 Å². The molecule has 5 rings (SSSR count). The second kappa shape index (κ2) is 8.89. The Bertz CT molecular complexity index is 1230. The summed E-state index contributed by atoms with van der Waals surface area (Å²) in [5.74, 6) is 1.32. The highest BCUT2D eigenvalue weighted by atomic mass is 32.2. The van der Waals surface area contributed by atoms with Gasteiger partial charge in [-0.2, -0.15) is 5.10 Å². The summed E-state index contributed by atoms with van der Waals surface area (Å²) in [4.78, 5) is 24.4. The third-order valence-electron chi connectivity index (χ3n) is 5.04. The van der Waals surface area contributed by atoms with Gasteiger partial charge in [0.05, 0.1) is 0 Å². The molecule has 2 amide bonds. The van der Waals surface area contributed by atoms with Crippen LogP contribution < -0.4 is 16.0 Å². The summed E-state index contributed by atoms with van der Waals surface area (Å²) >= 11 is 1.53. The Kier molecular flexibility index (Phi) is 5.65. The number of aromatic nitrogens is 5. The van der Waals surface area contributed by atoms with E-state index in [2.05, 4.69) is 31.1 Å². The highest BCUT2D eigenvalue weighted by molar-refractivity contribution is 7.99. The van der Waals surface area contributed by atoms with Crippen LogP contribution in [0.1, 0.15) is 5.69 Å². The van der Waals surface area contributed by atoms with E-state index < -0.39 is 0 Å². The summed E-state index contributed by atoms with van der Waals surface area (Å²) in [5.41, 5.74) is 2.52. The molecule has 32 heavy (non-hydrogen) atoms. The Hall–Kier alpha value is -3.57. The number of imidazole rings is 1. The van der Waals surface area contributed by atoms with Crippen molar-refractivity contribution in [1.82, 2.24) is 34.8 Å². The topological polar surface area (TPSA) is 115 Å². The summed E-state index contributed by atoms with van der Waals surface area (Å²) in [5, 5.41) is 17.4. The number of hydrogen-bond acceptors (Lipinski definition) is 7. The number of hydrogen-bond donors (Lipinski definition) is 4. The number of H-pyrrole nitrogens is 1. The van der Waals surface area contributed by atoms with Crippen molar-refractivity contribution in [3.05, 3.63) is 54.5 Å². The predicted molar refractivity (Wildman–Crippen MR) is 124 cm³/mol. The molecular weight excluding hydrogens is 426 g/mol. The van der Waals surface area contributed by atoms with E-state index >= 15 is 0 Å². The summed E-state index contributed by atoms with van der Waals surface area (Å²) in [7, 11) is 0. The number of carbonyl (C=O) groups is 1. The van der Waals surface area contributed by atoms with E-state index in [1.54, 1.807) is 6.20 Å². The van der Waals surface area contributed by atoms with E-state index in [0.717, 1.165) is 53.1 Å². The van der Waals surface area contributed by atoms with E-state index in [1.165, 1.54) is 11.8 Å². The molecule has 11 heteroatoms. The maximum atomic E-state index is 12.4. The molecule has 4 N–H and O–H groups in total. The van der Waals surface area contributed by atoms with Crippen LogP contribution in [0.3, 0.4) is 0 Å². The van der Waals surface area contributed by atoms with Crippen LogP contribution in [0.2, 0.25) is 0 Å². The lowest BCUT2D eigenvalue weighted by Crippen LogP contribution is -2.48. The molecule has 0 atom stereocenters. The molecule has 0 radical (unpaired) electrons. The fraction of sp³-hybridized carbons (Fsp3) is 0.238. The molecule has 10 nitrogen and oxygen atoms in total. The van der Waals surface area contributed by atoms with Crippen LogP contribution >= 0.6 is 11.8 Å². The first-order valence-electron chi connectivity index (χ1n) is 10.3. The van der Waals surface area contributed by atoms with Crippen LogP contribution in [0, 0.1) is 6.92 Å². The van der Waals surface area contributed by atoms with Gasteiger partial charge in [-0.3, -0.25) is 9.50 Å². The van der Waals surface area contributed by atoms with Crippen molar-refractivity contribution in [2.45, 2.75) is 16.8 Å². The van der Waals surface area contributed by atoms with Crippen molar-refractivity contribution in [1.29, 1.82) is 0 Å². The number of aryl methyl sites for hydroxylation is 1. The SMILES string of the molecule is Cc1cc(Nc2nc(Sc3ccc(NC(=O)N4CCNCC4)cc3)cc3nccn23)n[nH]1. The molecule has 0 unspecified atom stereocenters. The maximum Gasteiger partial charge on any atom is 0.321 e. The molecule has 1 saturated heterocycles. The highest BCUT2D eigenvalue weighted by Gasteiger charge is 2.16. The highest BCUT2D eigenvalue weighted by Crippen LogP contribution is 2.29. The van der Waals surface area contributed by atoms with Crippen LogP contribution in [0.15, 0.2) is 58.7 Å². The van der Waals surface area contributed by atoms with Crippen LogP contribution in [-0.2, 0) is 0 Å². The van der Waals surface area contributed by atoms with Crippen molar-refractivity contribution in [2.75, 3.05) is 36.8 Å². The quantitative estimate of drug-likeness (QED) is 0.346. The predicted octanol–water partition coefficient (Wildman–Crippen LogP) is 3.09. The average Bonchev–Trinajstić information content (AvgIpc) is 3.44. The maximum absolute atomic E-state index is 12.4. The molecule has 1 aromatic carbocycles. The van der Waals surface area contributed by atoms with Gasteiger partial charge in [0.1, 0.15) is 10.7 Å². The van der Waals surface area contributed by atoms with Crippen molar-refractivity contribution in [2.24, 2.45) is 0 Å². The number of benzene rings is 1. The van der Waals surface area contributed by atoms with Gasteiger partial charge in [0.2, 0.25) is 5.95 Å². The number of piperazine rings is 1. The van der Waals surface area contributed by atoms with Crippen molar-refractivity contribution >= 4 is 40.9 Å². The molecule has 1 aliphatic rings. The summed E-state index contributed by atoms with van der Waals surface area (Å²) < 4.78 is 1.88. The van der Waals surface area contributed by atoms with Gasteiger partial charge in [-0.05, 0) is 31.2 Å². The van der Waals surface area contributed by atoms with Crippen LogP contribution in [0.25, 0.3) is 5.65 Å². The Morgan fingerprint density at radius 3 is 2.72 bits per heavy atom. The molecule has 0 bridgehead atoms. The molecule has 4 heterocycles. The van der Waals surface area contributed by atoms with Gasteiger partial charge in [0.25, 0.3) is 0 Å². The third kappa shape index (κ3) is 4.53. The second-order valence-corrected chi connectivity index (χ2v) is 8.52. The lowest BCUT2D eigenvalue weighted by molar-refractivity contribution is 0.204. The Balaban J connectivity index is 1.30. The fourth-order valence-corrected chi connectivity index (χ4v) is 4.25. The van der Waals surface area contributed by atoms with Crippen molar-refractivity contribution < 1.29 is 4.79 Å². The Morgan fingerprint density at radius 1 is 1.16 bits per heavy atom. The molecular formula is C21H23N9OS. The lowest BCUT2D eigenvalue weighted by Gasteiger charge is -2.27. The normalized spacial score (nSPS) is 14.0. The van der Waals surface area contributed by atoms with Crippen LogP contribution in [0.5, 0.6) is 0 Å². The van der Waals surface area contributed by atoms with Gasteiger partial charge in [0.15, 0.2) is 5.82 Å². The smallest absolute Gasteiger partial charge is 0.321 e. The largest absolute Gasteiger partial charge is 0.322 e. The zero-order chi connectivity index (χ0) is 21.9. The van der Waals surface area contributed by atoms with Crippen LogP contribution in [0.4, 0.5) is 22.2 Å².